The van der Waals surface area contributed by atoms with Crippen molar-refractivity contribution in [2.75, 3.05) is 63.8 Å². The smallest absolute Gasteiger partial charge is 0.341 e. The Morgan fingerprint density at radius 1 is 0.902 bits per heavy atom. The summed E-state index contributed by atoms with van der Waals surface area (Å²) in [6.07, 6.45) is 0.0411. The summed E-state index contributed by atoms with van der Waals surface area (Å²) in [6, 6.07) is 11.5. The fourth-order valence-corrected chi connectivity index (χ4v) is 6.55. The number of anilines is 1. The third kappa shape index (κ3) is 6.81. The van der Waals surface area contributed by atoms with Crippen molar-refractivity contribution in [2.45, 2.75) is 34.1 Å². The maximum atomic E-state index is 13.6. The summed E-state index contributed by atoms with van der Waals surface area (Å²) in [7, 11) is -3.50. The predicted octanol–water partition coefficient (Wildman–Crippen LogP) is 5.00. The highest BCUT2D eigenvalue weighted by Gasteiger charge is 2.35. The van der Waals surface area contributed by atoms with E-state index < -0.39 is 19.5 Å². The van der Waals surface area contributed by atoms with Crippen LogP contribution in [0, 0.1) is 0 Å². The summed E-state index contributed by atoms with van der Waals surface area (Å²) in [5, 5.41) is 4.94. The van der Waals surface area contributed by atoms with Gasteiger partial charge in [-0.15, -0.1) is 5.10 Å². The first-order valence-electron chi connectivity index (χ1n) is 14.1. The molecule has 1 saturated heterocycles. The highest BCUT2D eigenvalue weighted by molar-refractivity contribution is 7.53. The Labute approximate surface area is 240 Å². The number of carbonyl (C=O) groups excluding carboxylic acids is 2. The highest BCUT2D eigenvalue weighted by atomic mass is 31.2. The molecule has 1 aliphatic rings. The molecule has 1 fully saturated rings. The van der Waals surface area contributed by atoms with E-state index in [2.05, 4.69) is 4.90 Å². The van der Waals surface area contributed by atoms with Gasteiger partial charge in [-0.25, -0.2) is 14.1 Å². The number of aryl methyl sites for hydroxylation is 1. The number of esters is 2. The van der Waals surface area contributed by atoms with Crippen LogP contribution in [0.15, 0.2) is 36.4 Å². The summed E-state index contributed by atoms with van der Waals surface area (Å²) >= 11 is 0. The SMILES string of the molecule is CCOC(=O)c1c(C(=O)OCC)c2c(-c3ccccc3)cc(N3CCOCC3)nn2c1CCP(=O)(OCC)OCC. The molecule has 11 nitrogen and oxygen atoms in total. The molecule has 222 valence electrons. The maximum Gasteiger partial charge on any atom is 0.341 e. The molecule has 1 aliphatic heterocycles. The van der Waals surface area contributed by atoms with Gasteiger partial charge in [0.1, 0.15) is 11.4 Å². The largest absolute Gasteiger partial charge is 0.462 e. The molecule has 0 amide bonds. The number of nitrogens with zero attached hydrogens (tertiary/aromatic N) is 3. The van der Waals surface area contributed by atoms with Crippen LogP contribution in [0.1, 0.15) is 54.1 Å². The Balaban J connectivity index is 2.05. The molecule has 0 N–H and O–H groups in total. The van der Waals surface area contributed by atoms with Crippen LogP contribution in [0.5, 0.6) is 0 Å². The van der Waals surface area contributed by atoms with Gasteiger partial charge >= 0.3 is 19.5 Å². The van der Waals surface area contributed by atoms with Crippen molar-refractivity contribution >= 4 is 30.9 Å². The second-order valence-corrected chi connectivity index (χ2v) is 11.4. The third-order valence-corrected chi connectivity index (χ3v) is 8.70. The molecule has 0 spiro atoms. The normalized spacial score (nSPS) is 13.9. The quantitative estimate of drug-likeness (QED) is 0.200. The van der Waals surface area contributed by atoms with Gasteiger partial charge in [-0.2, -0.15) is 0 Å². The van der Waals surface area contributed by atoms with Crippen LogP contribution in [0.4, 0.5) is 5.82 Å². The van der Waals surface area contributed by atoms with E-state index in [1.165, 1.54) is 0 Å². The van der Waals surface area contributed by atoms with E-state index >= 15 is 0 Å². The van der Waals surface area contributed by atoms with E-state index in [1.807, 2.05) is 36.4 Å². The molecule has 0 saturated carbocycles. The first-order chi connectivity index (χ1) is 19.9. The highest BCUT2D eigenvalue weighted by Crippen LogP contribution is 2.49. The average Bonchev–Trinajstić information content (AvgIpc) is 3.31. The lowest BCUT2D eigenvalue weighted by molar-refractivity contribution is 0.0481. The Hall–Kier alpha value is -3.24. The molecular weight excluding hydrogens is 549 g/mol. The van der Waals surface area contributed by atoms with Crippen LogP contribution in [0.2, 0.25) is 0 Å². The van der Waals surface area contributed by atoms with Gasteiger partial charge in [0.05, 0.1) is 62.6 Å². The minimum absolute atomic E-state index is 0.0282. The summed E-state index contributed by atoms with van der Waals surface area (Å²) < 4.78 is 42.6. The van der Waals surface area contributed by atoms with Gasteiger partial charge in [0.25, 0.3) is 0 Å². The second kappa shape index (κ2) is 14.1. The van der Waals surface area contributed by atoms with Crippen LogP contribution in [-0.2, 0) is 34.2 Å². The first-order valence-corrected chi connectivity index (χ1v) is 15.8. The minimum atomic E-state index is -3.50. The zero-order valence-electron chi connectivity index (χ0n) is 24.1. The molecule has 3 aromatic rings. The number of benzene rings is 1. The fraction of sp³-hybridized carbons (Fsp3) is 0.483. The van der Waals surface area contributed by atoms with Crippen molar-refractivity contribution < 1.29 is 37.4 Å². The van der Waals surface area contributed by atoms with E-state index in [1.54, 1.807) is 32.2 Å². The number of morpholine rings is 1. The molecule has 1 aromatic carbocycles. The molecule has 0 radical (unpaired) electrons. The van der Waals surface area contributed by atoms with Gasteiger partial charge < -0.3 is 28.2 Å². The summed E-state index contributed by atoms with van der Waals surface area (Å²) in [5.74, 6) is -0.708. The van der Waals surface area contributed by atoms with Crippen molar-refractivity contribution in [2.24, 2.45) is 0 Å². The predicted molar refractivity (Wildman–Crippen MR) is 155 cm³/mol. The Kier molecular flexibility index (Phi) is 10.6. The number of hydrogen-bond acceptors (Lipinski definition) is 10. The number of carbonyl (C=O) groups is 2. The van der Waals surface area contributed by atoms with Crippen molar-refractivity contribution in [1.82, 2.24) is 9.61 Å². The van der Waals surface area contributed by atoms with E-state index in [-0.39, 0.29) is 50.1 Å². The van der Waals surface area contributed by atoms with Gasteiger partial charge in [-0.3, -0.25) is 4.57 Å². The van der Waals surface area contributed by atoms with Crippen LogP contribution in [-0.4, -0.2) is 80.4 Å². The molecule has 12 heteroatoms. The summed E-state index contributed by atoms with van der Waals surface area (Å²) in [4.78, 5) is 29.2. The molecule has 41 heavy (non-hydrogen) atoms. The maximum absolute atomic E-state index is 13.6. The van der Waals surface area contributed by atoms with E-state index in [9.17, 15) is 14.2 Å². The Morgan fingerprint density at radius 3 is 2.10 bits per heavy atom. The lowest BCUT2D eigenvalue weighted by Crippen LogP contribution is -2.37. The van der Waals surface area contributed by atoms with Crippen molar-refractivity contribution in [3.63, 3.8) is 0 Å². The Bertz CT molecular complexity index is 1390. The molecule has 2 aromatic heterocycles. The molecule has 0 atom stereocenters. The van der Waals surface area contributed by atoms with Crippen molar-refractivity contribution in [3.05, 3.63) is 53.2 Å². The van der Waals surface area contributed by atoms with Crippen molar-refractivity contribution in [3.8, 4) is 11.1 Å². The second-order valence-electron chi connectivity index (χ2n) is 9.20. The Morgan fingerprint density at radius 2 is 1.51 bits per heavy atom. The molecule has 3 heterocycles. The lowest BCUT2D eigenvalue weighted by Gasteiger charge is -2.28. The summed E-state index contributed by atoms with van der Waals surface area (Å²) in [5.41, 5.74) is 2.39. The lowest BCUT2D eigenvalue weighted by atomic mass is 10.0. The topological polar surface area (TPSA) is 118 Å². The molecule has 0 aliphatic carbocycles. The average molecular weight is 588 g/mol. The van der Waals surface area contributed by atoms with Crippen LogP contribution in [0.25, 0.3) is 16.6 Å². The van der Waals surface area contributed by atoms with Crippen LogP contribution >= 0.6 is 7.60 Å². The third-order valence-electron chi connectivity index (χ3n) is 6.63. The number of hydrogen-bond donors (Lipinski definition) is 0. The number of rotatable bonds is 13. The van der Waals surface area contributed by atoms with Gasteiger partial charge in [-0.05, 0) is 39.3 Å². The number of ether oxygens (including phenoxy) is 3. The fourth-order valence-electron chi connectivity index (χ4n) is 4.94. The van der Waals surface area contributed by atoms with Crippen molar-refractivity contribution in [1.29, 1.82) is 0 Å². The zero-order valence-corrected chi connectivity index (χ0v) is 25.0. The summed E-state index contributed by atoms with van der Waals surface area (Å²) in [6.45, 7) is 9.83. The number of fused-ring (bicyclic) bond motifs is 1. The molecule has 0 bridgehead atoms. The first kappa shape index (κ1) is 30.7. The van der Waals surface area contributed by atoms with E-state index in [0.717, 1.165) is 5.56 Å². The molecule has 4 rings (SSSR count). The van der Waals surface area contributed by atoms with Gasteiger partial charge in [-0.1, -0.05) is 30.3 Å². The van der Waals surface area contributed by atoms with Crippen LogP contribution < -0.4 is 4.90 Å². The van der Waals surface area contributed by atoms with Gasteiger partial charge in [0, 0.05) is 25.1 Å². The number of aromatic nitrogens is 2. The molecular formula is C29H38N3O8P. The minimum Gasteiger partial charge on any atom is -0.462 e. The van der Waals surface area contributed by atoms with Gasteiger partial charge in [0.15, 0.2) is 0 Å². The monoisotopic (exact) mass is 587 g/mol. The van der Waals surface area contributed by atoms with Crippen LogP contribution in [0.3, 0.4) is 0 Å². The zero-order chi connectivity index (χ0) is 29.4. The van der Waals surface area contributed by atoms with Gasteiger partial charge in [0.2, 0.25) is 0 Å². The van der Waals surface area contributed by atoms with E-state index in [0.29, 0.717) is 48.9 Å². The molecule has 0 unspecified atom stereocenters. The van der Waals surface area contributed by atoms with E-state index in [4.69, 9.17) is 28.4 Å². The standard InChI is InChI=1S/C29H38N3O8P/c1-5-37-28(33)25-23(14-19-41(35,39-7-3)40-8-4)32-27(26(25)29(34)38-6-2)22(21-12-10-9-11-13-21)20-24(30-32)31-15-17-36-18-16-31/h9-13,20H,5-8,14-19H2,1-4H3.